The molecule has 1 saturated heterocycles. The van der Waals surface area contributed by atoms with Crippen LogP contribution in [0.25, 0.3) is 10.9 Å². The first kappa shape index (κ1) is 23.8. The van der Waals surface area contributed by atoms with Crippen molar-refractivity contribution in [3.05, 3.63) is 65.4 Å². The molecule has 1 atom stereocenters. The number of carbonyl (C=O) groups is 2. The second-order valence-corrected chi connectivity index (χ2v) is 8.54. The maximum atomic E-state index is 13.5. The first-order chi connectivity index (χ1) is 16.5. The van der Waals surface area contributed by atoms with Gasteiger partial charge in [-0.05, 0) is 18.6 Å². The Morgan fingerprint density at radius 2 is 1.82 bits per heavy atom. The number of ether oxygens (including phenoxy) is 2. The van der Waals surface area contributed by atoms with Crippen molar-refractivity contribution in [3.8, 4) is 5.75 Å². The number of amides is 2. The predicted molar refractivity (Wildman–Crippen MR) is 131 cm³/mol. The number of fused-ring (bicyclic) bond motifs is 1. The van der Waals surface area contributed by atoms with Crippen LogP contribution in [-0.4, -0.2) is 67.3 Å². The Labute approximate surface area is 199 Å². The summed E-state index contributed by atoms with van der Waals surface area (Å²) in [6.45, 7) is 6.73. The average Bonchev–Trinajstić information content (AvgIpc) is 3.14. The smallest absolute Gasteiger partial charge is 0.254 e. The van der Waals surface area contributed by atoms with Crippen molar-refractivity contribution in [1.82, 2.24) is 14.8 Å². The topological polar surface area (TPSA) is 98.8 Å². The number of hydrogen-bond acceptors (Lipinski definition) is 5. The first-order valence-corrected chi connectivity index (χ1v) is 11.6. The van der Waals surface area contributed by atoms with E-state index in [1.54, 1.807) is 7.11 Å². The molecule has 180 valence electrons. The second kappa shape index (κ2) is 10.7. The minimum Gasteiger partial charge on any atom is -0.495 e. The highest BCUT2D eigenvalue weighted by molar-refractivity contribution is 6.10. The van der Waals surface area contributed by atoms with Crippen molar-refractivity contribution in [2.24, 2.45) is 5.73 Å². The molecule has 0 bridgehead atoms. The van der Waals surface area contributed by atoms with E-state index < -0.39 is 11.9 Å². The van der Waals surface area contributed by atoms with Crippen LogP contribution in [0, 0.1) is 6.92 Å². The molecule has 1 unspecified atom stereocenters. The van der Waals surface area contributed by atoms with E-state index in [1.165, 1.54) is 0 Å². The van der Waals surface area contributed by atoms with Crippen molar-refractivity contribution in [3.63, 3.8) is 0 Å². The number of morpholine rings is 1. The van der Waals surface area contributed by atoms with Gasteiger partial charge in [-0.1, -0.05) is 42.5 Å². The quantitative estimate of drug-likeness (QED) is 0.505. The van der Waals surface area contributed by atoms with Crippen LogP contribution in [0.5, 0.6) is 5.75 Å². The van der Waals surface area contributed by atoms with Crippen LogP contribution in [0.1, 0.15) is 21.6 Å². The van der Waals surface area contributed by atoms with Gasteiger partial charge in [-0.3, -0.25) is 14.5 Å². The van der Waals surface area contributed by atoms with Gasteiger partial charge >= 0.3 is 0 Å². The Morgan fingerprint density at radius 3 is 2.50 bits per heavy atom. The molecular formula is C26H32N4O4. The summed E-state index contributed by atoms with van der Waals surface area (Å²) in [4.78, 5) is 28.0. The molecule has 2 heterocycles. The fraction of sp³-hybridized carbons (Fsp3) is 0.385. The van der Waals surface area contributed by atoms with Gasteiger partial charge in [0.15, 0.2) is 0 Å². The molecule has 2 aromatic carbocycles. The van der Waals surface area contributed by atoms with E-state index in [4.69, 9.17) is 15.2 Å². The van der Waals surface area contributed by atoms with E-state index in [-0.39, 0.29) is 5.91 Å². The van der Waals surface area contributed by atoms with E-state index >= 15 is 0 Å². The molecule has 0 saturated carbocycles. The highest BCUT2D eigenvalue weighted by Gasteiger charge is 2.26. The lowest BCUT2D eigenvalue weighted by Crippen LogP contribution is -2.46. The zero-order valence-corrected chi connectivity index (χ0v) is 19.8. The van der Waals surface area contributed by atoms with E-state index in [0.717, 1.165) is 55.0 Å². The maximum absolute atomic E-state index is 13.5. The molecule has 8 heteroatoms. The normalized spacial score (nSPS) is 15.2. The minimum atomic E-state index is -0.813. The van der Waals surface area contributed by atoms with Gasteiger partial charge in [-0.25, -0.2) is 0 Å². The zero-order valence-electron chi connectivity index (χ0n) is 19.8. The van der Waals surface area contributed by atoms with Gasteiger partial charge in [0, 0.05) is 43.7 Å². The number of hydrogen-bond donors (Lipinski definition) is 2. The molecule has 0 spiro atoms. The summed E-state index contributed by atoms with van der Waals surface area (Å²) in [6.07, 6.45) is 0.333. The van der Waals surface area contributed by atoms with Gasteiger partial charge in [0.05, 0.1) is 31.4 Å². The van der Waals surface area contributed by atoms with Gasteiger partial charge in [0.25, 0.3) is 5.91 Å². The number of nitrogens with one attached hydrogen (secondary N) is 1. The average molecular weight is 465 g/mol. The monoisotopic (exact) mass is 464 g/mol. The molecule has 0 radical (unpaired) electrons. The highest BCUT2D eigenvalue weighted by Crippen LogP contribution is 2.33. The lowest BCUT2D eigenvalue weighted by molar-refractivity contribution is -0.119. The van der Waals surface area contributed by atoms with Gasteiger partial charge in [0.2, 0.25) is 5.91 Å². The Balaban J connectivity index is 1.64. The number of nitrogens with two attached hydrogens (primary N) is 1. The lowest BCUT2D eigenvalue weighted by Gasteiger charge is -2.27. The third kappa shape index (κ3) is 5.08. The SMILES string of the molecule is COc1cccc2c(C(=O)NC(Cc3ccccc3)C(N)=O)c(C)n(CCN3CCOCC3)c12. The molecule has 3 N–H and O–H groups in total. The van der Waals surface area contributed by atoms with Crippen LogP contribution in [0.2, 0.25) is 0 Å². The number of para-hydroxylation sites is 1. The number of benzene rings is 2. The third-order valence-corrected chi connectivity index (χ3v) is 6.43. The number of aromatic nitrogens is 1. The van der Waals surface area contributed by atoms with Gasteiger partial charge < -0.3 is 25.1 Å². The molecule has 2 amide bonds. The number of carbonyl (C=O) groups excluding carboxylic acids is 2. The minimum absolute atomic E-state index is 0.319. The molecule has 1 aliphatic heterocycles. The first-order valence-electron chi connectivity index (χ1n) is 11.6. The van der Waals surface area contributed by atoms with E-state index in [1.807, 2.05) is 55.5 Å². The van der Waals surface area contributed by atoms with Crippen molar-refractivity contribution < 1.29 is 19.1 Å². The van der Waals surface area contributed by atoms with Crippen molar-refractivity contribution in [2.45, 2.75) is 25.9 Å². The molecule has 1 fully saturated rings. The summed E-state index contributed by atoms with van der Waals surface area (Å²) in [7, 11) is 1.63. The Hall–Kier alpha value is -3.36. The van der Waals surface area contributed by atoms with Crippen molar-refractivity contribution in [2.75, 3.05) is 40.0 Å². The Bertz CT molecular complexity index is 1150. The number of methoxy groups -OCH3 is 1. The van der Waals surface area contributed by atoms with Crippen LogP contribution in [0.4, 0.5) is 0 Å². The fourth-order valence-electron chi connectivity index (χ4n) is 4.60. The Morgan fingerprint density at radius 1 is 1.09 bits per heavy atom. The largest absolute Gasteiger partial charge is 0.495 e. The predicted octanol–water partition coefficient (Wildman–Crippen LogP) is 2.12. The van der Waals surface area contributed by atoms with Crippen molar-refractivity contribution in [1.29, 1.82) is 0 Å². The van der Waals surface area contributed by atoms with E-state index in [9.17, 15) is 9.59 Å². The molecule has 4 rings (SSSR count). The highest BCUT2D eigenvalue weighted by atomic mass is 16.5. The van der Waals surface area contributed by atoms with Crippen LogP contribution in [-0.2, 0) is 22.5 Å². The molecule has 34 heavy (non-hydrogen) atoms. The van der Waals surface area contributed by atoms with Gasteiger partial charge in [-0.15, -0.1) is 0 Å². The summed E-state index contributed by atoms with van der Waals surface area (Å²) in [6, 6.07) is 14.4. The molecule has 1 aromatic heterocycles. The van der Waals surface area contributed by atoms with Gasteiger partial charge in [-0.2, -0.15) is 0 Å². The molecular weight excluding hydrogens is 432 g/mol. The summed E-state index contributed by atoms with van der Waals surface area (Å²) < 4.78 is 13.2. The van der Waals surface area contributed by atoms with E-state index in [2.05, 4.69) is 14.8 Å². The standard InChI is InChI=1S/C26H32N4O4/c1-18-23(26(32)28-21(25(27)31)17-19-7-4-3-5-8-19)20-9-6-10-22(33-2)24(20)30(18)12-11-29-13-15-34-16-14-29/h3-10,21H,11-17H2,1-2H3,(H2,27,31)(H,28,32). The fourth-order valence-corrected chi connectivity index (χ4v) is 4.60. The lowest BCUT2D eigenvalue weighted by atomic mass is 10.0. The van der Waals surface area contributed by atoms with Gasteiger partial charge in [0.1, 0.15) is 11.8 Å². The Kier molecular flexibility index (Phi) is 7.49. The van der Waals surface area contributed by atoms with E-state index in [0.29, 0.717) is 24.3 Å². The van der Waals surface area contributed by atoms with Crippen LogP contribution >= 0.6 is 0 Å². The molecule has 8 nitrogen and oxygen atoms in total. The molecule has 1 aliphatic rings. The summed E-state index contributed by atoms with van der Waals surface area (Å²) in [5.41, 5.74) is 8.82. The number of primary amides is 1. The summed E-state index contributed by atoms with van der Waals surface area (Å²) in [5.74, 6) is -0.179. The van der Waals surface area contributed by atoms with Crippen molar-refractivity contribution >= 4 is 22.7 Å². The van der Waals surface area contributed by atoms with Crippen LogP contribution in [0.15, 0.2) is 48.5 Å². The summed E-state index contributed by atoms with van der Waals surface area (Å²) >= 11 is 0. The zero-order chi connectivity index (χ0) is 24.1. The number of nitrogens with zero attached hydrogens (tertiary/aromatic N) is 2. The second-order valence-electron chi connectivity index (χ2n) is 8.54. The van der Waals surface area contributed by atoms with Crippen LogP contribution in [0.3, 0.4) is 0 Å². The number of rotatable bonds is 9. The summed E-state index contributed by atoms with van der Waals surface area (Å²) in [5, 5.41) is 3.67. The molecule has 3 aromatic rings. The van der Waals surface area contributed by atoms with Crippen LogP contribution < -0.4 is 15.8 Å². The third-order valence-electron chi connectivity index (χ3n) is 6.43. The maximum Gasteiger partial charge on any atom is 0.254 e. The molecule has 0 aliphatic carbocycles.